The lowest BCUT2D eigenvalue weighted by molar-refractivity contribution is -0.0564. The van der Waals surface area contributed by atoms with E-state index in [1.165, 1.54) is 6.07 Å². The van der Waals surface area contributed by atoms with Crippen LogP contribution in [0.4, 0.5) is 5.69 Å². The molecule has 1 aliphatic heterocycles. The molecule has 0 radical (unpaired) electrons. The van der Waals surface area contributed by atoms with Crippen molar-refractivity contribution in [2.24, 2.45) is 0 Å². The Morgan fingerprint density at radius 2 is 2.33 bits per heavy atom. The van der Waals surface area contributed by atoms with Crippen molar-refractivity contribution in [1.82, 2.24) is 4.90 Å². The van der Waals surface area contributed by atoms with Gasteiger partial charge in [0.1, 0.15) is 18.5 Å². The van der Waals surface area contributed by atoms with Crippen molar-refractivity contribution in [2.45, 2.75) is 26.0 Å². The third-order valence-electron chi connectivity index (χ3n) is 3.59. The van der Waals surface area contributed by atoms with Gasteiger partial charge in [0.05, 0.1) is 12.2 Å². The Hall–Kier alpha value is -1.79. The zero-order chi connectivity index (χ0) is 15.4. The average molecular weight is 294 g/mol. The minimum atomic E-state index is -1.06. The highest BCUT2D eigenvalue weighted by molar-refractivity contribution is 5.94. The van der Waals surface area contributed by atoms with Crippen LogP contribution in [-0.2, 0) is 4.74 Å². The van der Waals surface area contributed by atoms with Gasteiger partial charge in [0, 0.05) is 24.8 Å². The molecule has 3 N–H and O–H groups in total. The largest absolute Gasteiger partial charge is 0.491 e. The first-order valence-electron chi connectivity index (χ1n) is 7.08. The lowest BCUT2D eigenvalue weighted by Gasteiger charge is -2.35. The Balaban J connectivity index is 1.94. The van der Waals surface area contributed by atoms with E-state index in [1.807, 2.05) is 0 Å². The maximum atomic E-state index is 11.0. The first-order chi connectivity index (χ1) is 9.97. The van der Waals surface area contributed by atoms with Crippen molar-refractivity contribution in [1.29, 1.82) is 0 Å². The number of hydrogen-bond donors (Lipinski definition) is 2. The summed E-state index contributed by atoms with van der Waals surface area (Å²) in [7, 11) is 0. The fraction of sp³-hybridized carbons (Fsp3) is 0.533. The number of rotatable bonds is 5. The first-order valence-corrected chi connectivity index (χ1v) is 7.08. The molecule has 1 aromatic rings. The van der Waals surface area contributed by atoms with Crippen LogP contribution in [0.5, 0.6) is 5.75 Å². The van der Waals surface area contributed by atoms with Crippen LogP contribution in [0.15, 0.2) is 18.2 Å². The van der Waals surface area contributed by atoms with E-state index in [9.17, 15) is 4.79 Å². The molecule has 0 aromatic heterocycles. The fourth-order valence-electron chi connectivity index (χ4n) is 2.31. The first kappa shape index (κ1) is 15.6. The Bertz CT molecular complexity index is 504. The van der Waals surface area contributed by atoms with Crippen LogP contribution in [-0.4, -0.2) is 54.4 Å². The minimum absolute atomic E-state index is 0.00742. The molecule has 1 atom stereocenters. The van der Waals surface area contributed by atoms with E-state index in [0.29, 0.717) is 25.0 Å². The molecular weight excluding hydrogens is 272 g/mol. The molecule has 2 rings (SSSR count). The van der Waals surface area contributed by atoms with Crippen molar-refractivity contribution in [3.05, 3.63) is 23.8 Å². The molecule has 0 saturated carbocycles. The number of aromatic carboxylic acids is 1. The summed E-state index contributed by atoms with van der Waals surface area (Å²) in [6, 6.07) is 5.14. The Morgan fingerprint density at radius 3 is 3.00 bits per heavy atom. The molecule has 0 bridgehead atoms. The van der Waals surface area contributed by atoms with Gasteiger partial charge < -0.3 is 20.3 Å². The Labute approximate surface area is 124 Å². The highest BCUT2D eigenvalue weighted by atomic mass is 16.5. The van der Waals surface area contributed by atoms with Crippen LogP contribution in [0.25, 0.3) is 0 Å². The number of carboxylic acid groups (broad SMARTS) is 1. The van der Waals surface area contributed by atoms with Gasteiger partial charge in [-0.05, 0) is 32.0 Å². The maximum Gasteiger partial charge on any atom is 0.337 e. The number of carboxylic acids is 1. The zero-order valence-electron chi connectivity index (χ0n) is 12.4. The van der Waals surface area contributed by atoms with Gasteiger partial charge in [-0.25, -0.2) is 4.79 Å². The number of nitrogens with two attached hydrogens (primary N) is 1. The molecule has 0 aliphatic carbocycles. The molecule has 0 amide bonds. The minimum Gasteiger partial charge on any atom is -0.491 e. The molecule has 1 aromatic carbocycles. The monoisotopic (exact) mass is 294 g/mol. The second-order valence-corrected chi connectivity index (χ2v) is 5.45. The number of hydrogen-bond acceptors (Lipinski definition) is 5. The Morgan fingerprint density at radius 1 is 1.57 bits per heavy atom. The van der Waals surface area contributed by atoms with E-state index in [2.05, 4.69) is 18.7 Å². The van der Waals surface area contributed by atoms with Crippen molar-refractivity contribution >= 4 is 11.7 Å². The van der Waals surface area contributed by atoms with E-state index < -0.39 is 5.97 Å². The average Bonchev–Trinajstić information content (AvgIpc) is 2.46. The number of ether oxygens (including phenoxy) is 2. The zero-order valence-corrected chi connectivity index (χ0v) is 12.4. The van der Waals surface area contributed by atoms with Gasteiger partial charge in [0.25, 0.3) is 0 Å². The number of carbonyl (C=O) groups is 1. The second-order valence-electron chi connectivity index (χ2n) is 5.45. The third-order valence-corrected chi connectivity index (χ3v) is 3.59. The van der Waals surface area contributed by atoms with Crippen LogP contribution in [0.1, 0.15) is 24.2 Å². The molecule has 6 heteroatoms. The van der Waals surface area contributed by atoms with E-state index in [0.717, 1.165) is 13.1 Å². The van der Waals surface area contributed by atoms with Crippen LogP contribution in [0.3, 0.4) is 0 Å². The lowest BCUT2D eigenvalue weighted by Crippen LogP contribution is -2.47. The highest BCUT2D eigenvalue weighted by Gasteiger charge is 2.22. The second kappa shape index (κ2) is 6.78. The summed E-state index contributed by atoms with van der Waals surface area (Å²) < 4.78 is 11.3. The van der Waals surface area contributed by atoms with E-state index >= 15 is 0 Å². The van der Waals surface area contributed by atoms with Crippen LogP contribution < -0.4 is 10.5 Å². The normalized spacial score (nSPS) is 19.7. The van der Waals surface area contributed by atoms with Gasteiger partial charge in [-0.3, -0.25) is 4.90 Å². The van der Waals surface area contributed by atoms with Crippen LogP contribution >= 0.6 is 0 Å². The standard InChI is InChI=1S/C15H22N2O4/c1-10(2)17-5-6-20-12(8-17)9-21-11-3-4-14(16)13(7-11)15(18)19/h3-4,7,10,12H,5-6,8-9,16H2,1-2H3,(H,18,19). The number of nitrogens with zero attached hydrogens (tertiary/aromatic N) is 1. The van der Waals surface area contributed by atoms with Crippen molar-refractivity contribution < 1.29 is 19.4 Å². The van der Waals surface area contributed by atoms with E-state index in [-0.39, 0.29) is 17.4 Å². The summed E-state index contributed by atoms with van der Waals surface area (Å²) in [6.45, 7) is 7.14. The molecule has 116 valence electrons. The molecular formula is C15H22N2O4. The maximum absolute atomic E-state index is 11.0. The number of anilines is 1. The topological polar surface area (TPSA) is 85.0 Å². The predicted molar refractivity (Wildman–Crippen MR) is 79.8 cm³/mol. The number of nitrogen functional groups attached to an aromatic ring is 1. The summed E-state index contributed by atoms with van der Waals surface area (Å²) in [5.41, 5.74) is 5.90. The third kappa shape index (κ3) is 4.09. The van der Waals surface area contributed by atoms with Gasteiger partial charge in [-0.1, -0.05) is 0 Å². The van der Waals surface area contributed by atoms with Crippen molar-refractivity contribution in [2.75, 3.05) is 32.0 Å². The van der Waals surface area contributed by atoms with Gasteiger partial charge in [-0.2, -0.15) is 0 Å². The molecule has 21 heavy (non-hydrogen) atoms. The van der Waals surface area contributed by atoms with Gasteiger partial charge in [0.2, 0.25) is 0 Å². The summed E-state index contributed by atoms with van der Waals surface area (Å²) in [4.78, 5) is 13.4. The summed E-state index contributed by atoms with van der Waals surface area (Å²) >= 11 is 0. The van der Waals surface area contributed by atoms with E-state index in [4.69, 9.17) is 20.3 Å². The SMILES string of the molecule is CC(C)N1CCOC(COc2ccc(N)c(C(=O)O)c2)C1. The molecule has 1 saturated heterocycles. The smallest absolute Gasteiger partial charge is 0.337 e. The van der Waals surface area contributed by atoms with Gasteiger partial charge in [-0.15, -0.1) is 0 Å². The molecule has 6 nitrogen and oxygen atoms in total. The molecule has 0 spiro atoms. The number of benzene rings is 1. The van der Waals surface area contributed by atoms with Gasteiger partial charge in [0.15, 0.2) is 0 Å². The molecule has 1 heterocycles. The van der Waals surface area contributed by atoms with Gasteiger partial charge >= 0.3 is 5.97 Å². The summed E-state index contributed by atoms with van der Waals surface area (Å²) in [5.74, 6) is -0.565. The predicted octanol–water partition coefficient (Wildman–Crippen LogP) is 1.46. The lowest BCUT2D eigenvalue weighted by atomic mass is 10.1. The van der Waals surface area contributed by atoms with Crippen LogP contribution in [0.2, 0.25) is 0 Å². The van der Waals surface area contributed by atoms with Crippen molar-refractivity contribution in [3.8, 4) is 5.75 Å². The molecule has 1 unspecified atom stereocenters. The molecule has 1 fully saturated rings. The van der Waals surface area contributed by atoms with E-state index in [1.54, 1.807) is 12.1 Å². The molecule has 1 aliphatic rings. The summed E-state index contributed by atoms with van der Waals surface area (Å²) in [5, 5.41) is 9.04. The Kier molecular flexibility index (Phi) is 5.03. The summed E-state index contributed by atoms with van der Waals surface area (Å²) in [6.07, 6.45) is -0.00742. The van der Waals surface area contributed by atoms with Crippen molar-refractivity contribution in [3.63, 3.8) is 0 Å². The number of morpholine rings is 1. The quantitative estimate of drug-likeness (QED) is 0.800. The van der Waals surface area contributed by atoms with Crippen LogP contribution in [0, 0.1) is 0 Å². The highest BCUT2D eigenvalue weighted by Crippen LogP contribution is 2.20. The fourth-order valence-corrected chi connectivity index (χ4v) is 2.31.